The van der Waals surface area contributed by atoms with Gasteiger partial charge >= 0.3 is 0 Å². The third-order valence-corrected chi connectivity index (χ3v) is 3.04. The van der Waals surface area contributed by atoms with Gasteiger partial charge in [-0.2, -0.15) is 5.26 Å². The van der Waals surface area contributed by atoms with E-state index >= 15 is 0 Å². The van der Waals surface area contributed by atoms with Crippen molar-refractivity contribution in [1.29, 1.82) is 5.26 Å². The van der Waals surface area contributed by atoms with Crippen molar-refractivity contribution < 1.29 is 9.59 Å². The highest BCUT2D eigenvalue weighted by Gasteiger charge is 2.14. The minimum atomic E-state index is -0.243. The molecule has 1 aliphatic heterocycles. The van der Waals surface area contributed by atoms with Gasteiger partial charge in [-0.1, -0.05) is 12.1 Å². The summed E-state index contributed by atoms with van der Waals surface area (Å²) in [5.74, 6) is -0.184. The van der Waals surface area contributed by atoms with Crippen LogP contribution in [0, 0.1) is 11.3 Å². The molecule has 0 aliphatic carbocycles. The van der Waals surface area contributed by atoms with E-state index in [0.29, 0.717) is 13.0 Å². The van der Waals surface area contributed by atoms with E-state index in [-0.39, 0.29) is 18.2 Å². The van der Waals surface area contributed by atoms with Crippen LogP contribution in [0.2, 0.25) is 0 Å². The van der Waals surface area contributed by atoms with Crippen LogP contribution in [0.5, 0.6) is 0 Å². The Morgan fingerprint density at radius 1 is 1.42 bits per heavy atom. The summed E-state index contributed by atoms with van der Waals surface area (Å²) >= 11 is 0. The van der Waals surface area contributed by atoms with Gasteiger partial charge in [0, 0.05) is 18.7 Å². The number of nitrogens with one attached hydrogen (secondary N) is 2. The second-order valence-electron chi connectivity index (χ2n) is 4.47. The van der Waals surface area contributed by atoms with E-state index in [1.165, 1.54) is 0 Å². The zero-order valence-corrected chi connectivity index (χ0v) is 10.5. The molecule has 0 unspecified atom stereocenters. The topological polar surface area (TPSA) is 82.0 Å². The number of fused-ring (bicyclic) bond motifs is 1. The fraction of sp³-hybridized carbons (Fsp3) is 0.357. The summed E-state index contributed by atoms with van der Waals surface area (Å²) in [6.45, 7) is 0.520. The van der Waals surface area contributed by atoms with E-state index in [0.717, 1.165) is 29.7 Å². The van der Waals surface area contributed by atoms with Crippen molar-refractivity contribution in [2.24, 2.45) is 0 Å². The fourth-order valence-corrected chi connectivity index (χ4v) is 2.07. The Morgan fingerprint density at radius 2 is 2.26 bits per heavy atom. The van der Waals surface area contributed by atoms with E-state index in [1.807, 2.05) is 18.2 Å². The van der Waals surface area contributed by atoms with E-state index in [1.54, 1.807) is 0 Å². The maximum absolute atomic E-state index is 11.2. The van der Waals surface area contributed by atoms with Crippen molar-refractivity contribution in [3.63, 3.8) is 0 Å². The molecular weight excluding hydrogens is 242 g/mol. The number of rotatable bonds is 4. The monoisotopic (exact) mass is 257 g/mol. The highest BCUT2D eigenvalue weighted by molar-refractivity contribution is 5.93. The molecule has 0 aromatic heterocycles. The van der Waals surface area contributed by atoms with Gasteiger partial charge < -0.3 is 10.6 Å². The summed E-state index contributed by atoms with van der Waals surface area (Å²) in [4.78, 5) is 22.4. The molecule has 0 bridgehead atoms. The molecule has 0 fully saturated rings. The number of anilines is 1. The molecule has 0 saturated heterocycles. The average Bonchev–Trinajstić information content (AvgIpc) is 2.39. The summed E-state index contributed by atoms with van der Waals surface area (Å²) in [5.41, 5.74) is 3.14. The Hall–Kier alpha value is -2.35. The lowest BCUT2D eigenvalue weighted by atomic mass is 9.99. The first-order valence-corrected chi connectivity index (χ1v) is 6.24. The van der Waals surface area contributed by atoms with Gasteiger partial charge in [-0.05, 0) is 30.0 Å². The summed E-state index contributed by atoms with van der Waals surface area (Å²) in [6, 6.07) is 7.72. The lowest BCUT2D eigenvalue weighted by molar-refractivity contribution is -0.120. The number of carbonyl (C=O) groups excluding carboxylic acids is 2. The lowest BCUT2D eigenvalue weighted by Gasteiger charge is -2.17. The number of carbonyl (C=O) groups is 2. The standard InChI is InChI=1S/C14H15N3O2/c15-7-5-13(18)16-8-6-10-1-3-12-11(9-10)2-4-14(19)17-12/h1,3,9H,2,4-6,8H2,(H,16,18)(H,17,19). The summed E-state index contributed by atoms with van der Waals surface area (Å²) in [7, 11) is 0. The molecule has 1 aromatic carbocycles. The van der Waals surface area contributed by atoms with Crippen LogP contribution in [-0.2, 0) is 22.4 Å². The molecule has 0 atom stereocenters. The second kappa shape index (κ2) is 6.01. The van der Waals surface area contributed by atoms with E-state index in [9.17, 15) is 9.59 Å². The predicted molar refractivity (Wildman–Crippen MR) is 70.3 cm³/mol. The van der Waals surface area contributed by atoms with Gasteiger partial charge in [0.25, 0.3) is 0 Å². The normalized spacial score (nSPS) is 13.1. The second-order valence-corrected chi connectivity index (χ2v) is 4.47. The van der Waals surface area contributed by atoms with Crippen LogP contribution in [-0.4, -0.2) is 18.4 Å². The molecule has 2 amide bonds. The predicted octanol–water partition coefficient (Wildman–Crippen LogP) is 1.14. The number of nitriles is 1. The van der Waals surface area contributed by atoms with Crippen molar-refractivity contribution in [3.05, 3.63) is 29.3 Å². The van der Waals surface area contributed by atoms with Gasteiger partial charge in [0.1, 0.15) is 6.42 Å². The fourth-order valence-electron chi connectivity index (χ4n) is 2.07. The van der Waals surface area contributed by atoms with Crippen LogP contribution in [0.1, 0.15) is 24.0 Å². The Bertz CT molecular complexity index is 546. The summed E-state index contributed by atoms with van der Waals surface area (Å²) < 4.78 is 0. The van der Waals surface area contributed by atoms with Gasteiger partial charge in [0.2, 0.25) is 11.8 Å². The van der Waals surface area contributed by atoms with Crippen molar-refractivity contribution in [3.8, 4) is 6.07 Å². The third-order valence-electron chi connectivity index (χ3n) is 3.04. The molecule has 1 heterocycles. The first-order valence-electron chi connectivity index (χ1n) is 6.24. The molecule has 0 radical (unpaired) electrons. The quantitative estimate of drug-likeness (QED) is 0.848. The maximum Gasteiger partial charge on any atom is 0.234 e. The molecule has 0 spiro atoms. The van der Waals surface area contributed by atoms with Crippen LogP contribution in [0.3, 0.4) is 0 Å². The highest BCUT2D eigenvalue weighted by atomic mass is 16.2. The summed E-state index contributed by atoms with van der Waals surface area (Å²) in [6.07, 6.45) is 1.90. The maximum atomic E-state index is 11.2. The van der Waals surface area contributed by atoms with Gasteiger partial charge in [-0.25, -0.2) is 0 Å². The Balaban J connectivity index is 1.90. The van der Waals surface area contributed by atoms with E-state index in [2.05, 4.69) is 16.7 Å². The van der Waals surface area contributed by atoms with Gasteiger partial charge in [-0.3, -0.25) is 9.59 Å². The minimum Gasteiger partial charge on any atom is -0.355 e. The first-order chi connectivity index (χ1) is 9.19. The highest BCUT2D eigenvalue weighted by Crippen LogP contribution is 2.23. The number of benzene rings is 1. The SMILES string of the molecule is N#CCC(=O)NCCc1ccc2c(c1)CCC(=O)N2. The van der Waals surface area contributed by atoms with Crippen LogP contribution >= 0.6 is 0 Å². The molecule has 2 N–H and O–H groups in total. The number of hydrogen-bond donors (Lipinski definition) is 2. The van der Waals surface area contributed by atoms with Crippen molar-refractivity contribution in [1.82, 2.24) is 5.32 Å². The zero-order chi connectivity index (χ0) is 13.7. The Morgan fingerprint density at radius 3 is 3.05 bits per heavy atom. The van der Waals surface area contributed by atoms with Crippen molar-refractivity contribution in [2.45, 2.75) is 25.7 Å². The Labute approximate surface area is 111 Å². The van der Waals surface area contributed by atoms with Crippen LogP contribution < -0.4 is 10.6 Å². The number of nitrogens with zero attached hydrogens (tertiary/aromatic N) is 1. The molecular formula is C14H15N3O2. The molecule has 2 rings (SSSR count). The number of aryl methyl sites for hydroxylation is 1. The molecule has 19 heavy (non-hydrogen) atoms. The third kappa shape index (κ3) is 3.55. The van der Waals surface area contributed by atoms with Crippen LogP contribution in [0.25, 0.3) is 0 Å². The Kier molecular flexibility index (Phi) is 4.14. The molecule has 98 valence electrons. The lowest BCUT2D eigenvalue weighted by Crippen LogP contribution is -2.25. The first kappa shape index (κ1) is 13.1. The summed E-state index contributed by atoms with van der Waals surface area (Å²) in [5, 5.41) is 13.9. The number of amides is 2. The molecule has 1 aliphatic rings. The van der Waals surface area contributed by atoms with Crippen molar-refractivity contribution in [2.75, 3.05) is 11.9 Å². The molecule has 1 aromatic rings. The molecule has 5 heteroatoms. The average molecular weight is 257 g/mol. The van der Waals surface area contributed by atoms with Gasteiger partial charge in [0.15, 0.2) is 0 Å². The minimum absolute atomic E-state index is 0.0593. The van der Waals surface area contributed by atoms with Crippen molar-refractivity contribution >= 4 is 17.5 Å². The van der Waals surface area contributed by atoms with Crippen LogP contribution in [0.4, 0.5) is 5.69 Å². The number of hydrogen-bond acceptors (Lipinski definition) is 3. The van der Waals surface area contributed by atoms with E-state index in [4.69, 9.17) is 5.26 Å². The van der Waals surface area contributed by atoms with Gasteiger partial charge in [-0.15, -0.1) is 0 Å². The largest absolute Gasteiger partial charge is 0.355 e. The molecule has 5 nitrogen and oxygen atoms in total. The molecule has 0 saturated carbocycles. The van der Waals surface area contributed by atoms with Crippen LogP contribution in [0.15, 0.2) is 18.2 Å². The zero-order valence-electron chi connectivity index (χ0n) is 10.5. The van der Waals surface area contributed by atoms with E-state index < -0.39 is 0 Å². The van der Waals surface area contributed by atoms with Gasteiger partial charge in [0.05, 0.1) is 6.07 Å². The smallest absolute Gasteiger partial charge is 0.234 e.